The van der Waals surface area contributed by atoms with Crippen LogP contribution in [0.25, 0.3) is 6.08 Å². The van der Waals surface area contributed by atoms with Gasteiger partial charge in [0.1, 0.15) is 11.8 Å². The zero-order valence-corrected chi connectivity index (χ0v) is 15.7. The van der Waals surface area contributed by atoms with E-state index in [0.717, 1.165) is 11.1 Å². The van der Waals surface area contributed by atoms with E-state index in [4.69, 9.17) is 10.5 Å². The quantitative estimate of drug-likeness (QED) is 0.807. The van der Waals surface area contributed by atoms with Gasteiger partial charge in [-0.25, -0.2) is 4.90 Å². The first-order valence-corrected chi connectivity index (χ1v) is 9.38. The Labute approximate surface area is 167 Å². The average Bonchev–Trinajstić information content (AvgIpc) is 3.21. The van der Waals surface area contributed by atoms with Crippen LogP contribution in [0.1, 0.15) is 17.2 Å². The number of methoxy groups -OCH3 is 1. The Hall–Kier alpha value is -3.61. The van der Waals surface area contributed by atoms with Crippen molar-refractivity contribution in [2.75, 3.05) is 12.0 Å². The maximum Gasteiger partial charge on any atom is 0.240 e. The van der Waals surface area contributed by atoms with Crippen LogP contribution in [0.2, 0.25) is 0 Å². The van der Waals surface area contributed by atoms with Crippen molar-refractivity contribution in [3.8, 4) is 5.75 Å². The number of hydrogen-bond donors (Lipinski definition) is 1. The molecule has 0 radical (unpaired) electrons. The largest absolute Gasteiger partial charge is 0.497 e. The molecule has 29 heavy (non-hydrogen) atoms. The van der Waals surface area contributed by atoms with Crippen LogP contribution in [-0.4, -0.2) is 35.8 Å². The summed E-state index contributed by atoms with van der Waals surface area (Å²) in [6, 6.07) is 13.2. The Morgan fingerprint density at radius 1 is 1.00 bits per heavy atom. The summed E-state index contributed by atoms with van der Waals surface area (Å²) in [5.41, 5.74) is 8.06. The lowest BCUT2D eigenvalue weighted by Crippen LogP contribution is -2.46. The third-order valence-corrected chi connectivity index (χ3v) is 6.08. The highest BCUT2D eigenvalue weighted by Crippen LogP contribution is 2.53. The second kappa shape index (κ2) is 6.20. The molecule has 0 saturated carbocycles. The van der Waals surface area contributed by atoms with Crippen LogP contribution in [0.5, 0.6) is 5.75 Å². The molecule has 0 bridgehead atoms. The SMILES string of the molecule is COc1ccc(N2C(=O)[C@@H]3[C@H](C2=O)[C@@H](C(N)=O)N2C=Cc4ccccc4[C@@H]32)cc1. The van der Waals surface area contributed by atoms with Crippen molar-refractivity contribution >= 4 is 29.5 Å². The first kappa shape index (κ1) is 17.5. The Morgan fingerprint density at radius 2 is 1.69 bits per heavy atom. The van der Waals surface area contributed by atoms with E-state index in [9.17, 15) is 14.4 Å². The molecule has 4 atom stereocenters. The fourth-order valence-corrected chi connectivity index (χ4v) is 4.87. The van der Waals surface area contributed by atoms with E-state index in [0.29, 0.717) is 11.4 Å². The normalized spacial score (nSPS) is 26.9. The number of nitrogens with zero attached hydrogens (tertiary/aromatic N) is 2. The van der Waals surface area contributed by atoms with Gasteiger partial charge in [0.15, 0.2) is 0 Å². The second-order valence-electron chi connectivity index (χ2n) is 7.45. The van der Waals surface area contributed by atoms with E-state index in [1.54, 1.807) is 42.5 Å². The Kier molecular flexibility index (Phi) is 3.74. The zero-order valence-electron chi connectivity index (χ0n) is 15.7. The van der Waals surface area contributed by atoms with E-state index >= 15 is 0 Å². The number of carbonyl (C=O) groups is 3. The lowest BCUT2D eigenvalue weighted by Gasteiger charge is -2.34. The summed E-state index contributed by atoms with van der Waals surface area (Å²) in [7, 11) is 1.55. The molecule has 2 N–H and O–H groups in total. The standard InChI is InChI=1S/C22H19N3O4/c1-29-14-8-6-13(7-9-14)25-21(27)16-17(22(25)28)19(20(23)26)24-11-10-12-4-2-3-5-15(12)18(16)24/h2-11,16-19H,1H3,(H2,23,26)/t16-,17+,18+,19+/m1/s1. The van der Waals surface area contributed by atoms with Crippen molar-refractivity contribution in [1.82, 2.24) is 4.90 Å². The first-order chi connectivity index (χ1) is 14.0. The molecule has 3 heterocycles. The number of amides is 3. The Bertz CT molecular complexity index is 1060. The first-order valence-electron chi connectivity index (χ1n) is 9.38. The predicted molar refractivity (Wildman–Crippen MR) is 106 cm³/mol. The minimum atomic E-state index is -0.866. The summed E-state index contributed by atoms with van der Waals surface area (Å²) >= 11 is 0. The molecular formula is C22H19N3O4. The van der Waals surface area contributed by atoms with Gasteiger partial charge in [-0.15, -0.1) is 0 Å². The van der Waals surface area contributed by atoms with Crippen molar-refractivity contribution in [3.05, 3.63) is 65.9 Å². The molecular weight excluding hydrogens is 370 g/mol. The predicted octanol–water partition coefficient (Wildman–Crippen LogP) is 1.70. The van der Waals surface area contributed by atoms with Crippen molar-refractivity contribution in [1.29, 1.82) is 0 Å². The second-order valence-corrected chi connectivity index (χ2v) is 7.45. The van der Waals surface area contributed by atoms with Gasteiger partial charge in [-0.2, -0.15) is 0 Å². The third kappa shape index (κ3) is 2.33. The maximum absolute atomic E-state index is 13.5. The molecule has 2 aromatic rings. The molecule has 3 aliphatic heterocycles. The summed E-state index contributed by atoms with van der Waals surface area (Å²) in [5.74, 6) is -2.18. The van der Waals surface area contributed by atoms with Crippen LogP contribution in [0.4, 0.5) is 5.69 Å². The van der Waals surface area contributed by atoms with E-state index in [1.165, 1.54) is 4.90 Å². The van der Waals surface area contributed by atoms with E-state index in [-0.39, 0.29) is 5.91 Å². The summed E-state index contributed by atoms with van der Waals surface area (Å²) in [5, 5.41) is 0. The molecule has 7 heteroatoms. The van der Waals surface area contributed by atoms with Crippen LogP contribution in [0.3, 0.4) is 0 Å². The van der Waals surface area contributed by atoms with Gasteiger partial charge < -0.3 is 15.4 Å². The smallest absolute Gasteiger partial charge is 0.240 e. The molecule has 2 aromatic carbocycles. The van der Waals surface area contributed by atoms with E-state index in [1.807, 2.05) is 30.3 Å². The van der Waals surface area contributed by atoms with Crippen LogP contribution in [0.15, 0.2) is 54.7 Å². The van der Waals surface area contributed by atoms with Gasteiger partial charge in [0, 0.05) is 6.20 Å². The third-order valence-electron chi connectivity index (χ3n) is 6.08. The number of fused-ring (bicyclic) bond motifs is 5. The minimum absolute atomic E-state index is 0.311. The van der Waals surface area contributed by atoms with Gasteiger partial charge in [-0.1, -0.05) is 24.3 Å². The number of primary amides is 1. The molecule has 3 aliphatic rings. The van der Waals surface area contributed by atoms with Gasteiger partial charge >= 0.3 is 0 Å². The topological polar surface area (TPSA) is 92.9 Å². The van der Waals surface area contributed by atoms with Crippen molar-refractivity contribution in [3.63, 3.8) is 0 Å². The number of benzene rings is 2. The van der Waals surface area contributed by atoms with Crippen molar-refractivity contribution < 1.29 is 19.1 Å². The van der Waals surface area contributed by atoms with Crippen LogP contribution in [0, 0.1) is 11.8 Å². The van der Waals surface area contributed by atoms with Crippen molar-refractivity contribution in [2.24, 2.45) is 17.6 Å². The number of hydrogen-bond acceptors (Lipinski definition) is 5. The molecule has 2 fully saturated rings. The van der Waals surface area contributed by atoms with Gasteiger partial charge in [0.25, 0.3) is 0 Å². The molecule has 0 spiro atoms. The molecule has 0 aromatic heterocycles. The van der Waals surface area contributed by atoms with Crippen LogP contribution >= 0.6 is 0 Å². The highest BCUT2D eigenvalue weighted by atomic mass is 16.5. The number of ether oxygens (including phenoxy) is 1. The molecule has 3 amide bonds. The fourth-order valence-electron chi connectivity index (χ4n) is 4.87. The Morgan fingerprint density at radius 3 is 2.38 bits per heavy atom. The number of anilines is 1. The number of carbonyl (C=O) groups excluding carboxylic acids is 3. The fraction of sp³-hybridized carbons (Fsp3) is 0.227. The van der Waals surface area contributed by atoms with Crippen LogP contribution < -0.4 is 15.4 Å². The van der Waals surface area contributed by atoms with Crippen LogP contribution in [-0.2, 0) is 14.4 Å². The number of imide groups is 1. The van der Waals surface area contributed by atoms with Gasteiger partial charge in [0.2, 0.25) is 17.7 Å². The highest BCUT2D eigenvalue weighted by molar-refractivity contribution is 6.24. The summed E-state index contributed by atoms with van der Waals surface area (Å²) in [4.78, 5) is 42.1. The molecule has 0 unspecified atom stereocenters. The highest BCUT2D eigenvalue weighted by Gasteiger charge is 2.64. The molecule has 2 saturated heterocycles. The van der Waals surface area contributed by atoms with E-state index < -0.39 is 35.7 Å². The summed E-state index contributed by atoms with van der Waals surface area (Å²) in [6.07, 6.45) is 3.66. The molecule has 0 aliphatic carbocycles. The minimum Gasteiger partial charge on any atom is -0.497 e. The zero-order chi connectivity index (χ0) is 20.3. The lowest BCUT2D eigenvalue weighted by atomic mass is 9.84. The summed E-state index contributed by atoms with van der Waals surface area (Å²) in [6.45, 7) is 0. The average molecular weight is 389 g/mol. The number of rotatable bonds is 3. The van der Waals surface area contributed by atoms with Gasteiger partial charge in [-0.3, -0.25) is 14.4 Å². The van der Waals surface area contributed by atoms with E-state index in [2.05, 4.69) is 0 Å². The maximum atomic E-state index is 13.5. The monoisotopic (exact) mass is 389 g/mol. The molecule has 146 valence electrons. The summed E-state index contributed by atoms with van der Waals surface area (Å²) < 4.78 is 5.15. The molecule has 7 nitrogen and oxygen atoms in total. The lowest BCUT2D eigenvalue weighted by molar-refractivity contribution is -0.129. The van der Waals surface area contributed by atoms with Gasteiger partial charge in [-0.05, 0) is 41.5 Å². The Balaban J connectivity index is 1.62. The van der Waals surface area contributed by atoms with Gasteiger partial charge in [0.05, 0.1) is 30.7 Å². The molecule has 5 rings (SSSR count). The number of nitrogens with two attached hydrogens (primary N) is 1. The van der Waals surface area contributed by atoms with Crippen molar-refractivity contribution in [2.45, 2.75) is 12.1 Å².